The Hall–Kier alpha value is -3.34. The molecular weight excluding hydrogens is 404 g/mol. The van der Waals surface area contributed by atoms with Crippen molar-refractivity contribution >= 4 is 39.5 Å². The lowest BCUT2D eigenvalue weighted by Crippen LogP contribution is -2.29. The first kappa shape index (κ1) is 17.5. The molecule has 0 saturated carbocycles. The summed E-state index contributed by atoms with van der Waals surface area (Å²) < 4.78 is 0.814. The van der Waals surface area contributed by atoms with Crippen molar-refractivity contribution in [2.45, 2.75) is 5.92 Å². The molecule has 0 aliphatic heterocycles. The summed E-state index contributed by atoms with van der Waals surface area (Å²) in [6.45, 7) is 0. The standard InChI is InChI=1S/C15H15BrN8O2/c16-6-3-1-5(2-4-6)7(8-10(17)21-14(19)23-12(8)25)9-11(18)22-15(20)24-13(9)26/h1-4,7H,(H5,17,19,21,23,25)(H5,18,20,22,24,26). The number of halogens is 1. The average Bonchev–Trinajstić information content (AvgIpc) is 2.52. The van der Waals surface area contributed by atoms with Gasteiger partial charge in [0.2, 0.25) is 11.9 Å². The van der Waals surface area contributed by atoms with Crippen LogP contribution in [0.5, 0.6) is 0 Å². The van der Waals surface area contributed by atoms with Crippen LogP contribution in [0.25, 0.3) is 0 Å². The Morgan fingerprint density at radius 1 is 0.808 bits per heavy atom. The van der Waals surface area contributed by atoms with Crippen molar-refractivity contribution in [3.63, 3.8) is 0 Å². The van der Waals surface area contributed by atoms with Crippen LogP contribution >= 0.6 is 15.9 Å². The van der Waals surface area contributed by atoms with Gasteiger partial charge in [-0.3, -0.25) is 19.6 Å². The first-order valence-corrected chi connectivity index (χ1v) is 8.13. The monoisotopic (exact) mass is 418 g/mol. The summed E-state index contributed by atoms with van der Waals surface area (Å²) >= 11 is 3.34. The highest BCUT2D eigenvalue weighted by atomic mass is 79.9. The smallest absolute Gasteiger partial charge is 0.258 e. The van der Waals surface area contributed by atoms with Gasteiger partial charge in [0.1, 0.15) is 11.6 Å². The van der Waals surface area contributed by atoms with E-state index in [-0.39, 0.29) is 34.7 Å². The Balaban J connectivity index is 2.38. The van der Waals surface area contributed by atoms with Gasteiger partial charge in [-0.1, -0.05) is 28.1 Å². The van der Waals surface area contributed by atoms with E-state index in [2.05, 4.69) is 35.9 Å². The number of nitrogen functional groups attached to an aromatic ring is 4. The summed E-state index contributed by atoms with van der Waals surface area (Å²) in [5.74, 6) is -1.42. The lowest BCUT2D eigenvalue weighted by atomic mass is 9.86. The molecule has 3 aromatic rings. The summed E-state index contributed by atoms with van der Waals surface area (Å²) in [6, 6.07) is 6.96. The van der Waals surface area contributed by atoms with Crippen molar-refractivity contribution in [1.82, 2.24) is 19.9 Å². The maximum absolute atomic E-state index is 12.5. The van der Waals surface area contributed by atoms with E-state index >= 15 is 0 Å². The molecule has 0 radical (unpaired) electrons. The Kier molecular flexibility index (Phi) is 4.38. The number of hydrogen-bond donors (Lipinski definition) is 6. The highest BCUT2D eigenvalue weighted by Gasteiger charge is 2.29. The molecule has 11 heteroatoms. The van der Waals surface area contributed by atoms with Crippen molar-refractivity contribution < 1.29 is 0 Å². The number of nitrogens with two attached hydrogens (primary N) is 4. The molecule has 0 atom stereocenters. The predicted octanol–water partition coefficient (Wildman–Crippen LogP) is 0.125. The highest BCUT2D eigenvalue weighted by molar-refractivity contribution is 9.10. The van der Waals surface area contributed by atoms with E-state index in [0.717, 1.165) is 4.47 Å². The largest absolute Gasteiger partial charge is 0.383 e. The zero-order valence-corrected chi connectivity index (χ0v) is 14.9. The molecule has 26 heavy (non-hydrogen) atoms. The molecule has 2 aromatic heterocycles. The second-order valence-electron chi connectivity index (χ2n) is 5.48. The van der Waals surface area contributed by atoms with Gasteiger partial charge in [0, 0.05) is 4.47 Å². The molecule has 2 heterocycles. The van der Waals surface area contributed by atoms with Crippen LogP contribution in [-0.2, 0) is 0 Å². The fraction of sp³-hybridized carbons (Fsp3) is 0.0667. The molecule has 10 N–H and O–H groups in total. The molecule has 0 spiro atoms. The number of benzene rings is 1. The molecule has 0 aliphatic rings. The Bertz CT molecular complexity index is 1020. The van der Waals surface area contributed by atoms with Gasteiger partial charge in [-0.2, -0.15) is 9.97 Å². The Labute approximate surface area is 154 Å². The van der Waals surface area contributed by atoms with Crippen molar-refractivity contribution in [2.24, 2.45) is 0 Å². The van der Waals surface area contributed by atoms with Gasteiger partial charge in [-0.15, -0.1) is 0 Å². The van der Waals surface area contributed by atoms with Gasteiger partial charge in [-0.05, 0) is 17.7 Å². The van der Waals surface area contributed by atoms with Crippen LogP contribution in [0.4, 0.5) is 23.5 Å². The predicted molar refractivity (Wildman–Crippen MR) is 102 cm³/mol. The van der Waals surface area contributed by atoms with E-state index in [0.29, 0.717) is 5.56 Å². The minimum absolute atomic E-state index is 0.0327. The van der Waals surface area contributed by atoms with Crippen molar-refractivity contribution in [3.8, 4) is 0 Å². The first-order chi connectivity index (χ1) is 12.3. The Morgan fingerprint density at radius 3 is 1.62 bits per heavy atom. The van der Waals surface area contributed by atoms with Gasteiger partial charge in [-0.25, -0.2) is 0 Å². The van der Waals surface area contributed by atoms with Gasteiger partial charge in [0.05, 0.1) is 17.0 Å². The minimum atomic E-state index is -0.920. The molecule has 0 fully saturated rings. The molecule has 3 rings (SSSR count). The second kappa shape index (κ2) is 6.52. The van der Waals surface area contributed by atoms with E-state index in [1.807, 2.05) is 0 Å². The number of nitrogens with one attached hydrogen (secondary N) is 2. The van der Waals surface area contributed by atoms with Crippen LogP contribution in [0.3, 0.4) is 0 Å². The third-order valence-electron chi connectivity index (χ3n) is 3.79. The van der Waals surface area contributed by atoms with E-state index < -0.39 is 17.0 Å². The van der Waals surface area contributed by atoms with E-state index in [1.54, 1.807) is 24.3 Å². The molecule has 134 valence electrons. The van der Waals surface area contributed by atoms with Gasteiger partial charge >= 0.3 is 0 Å². The number of rotatable bonds is 3. The molecule has 0 bridgehead atoms. The van der Waals surface area contributed by atoms with E-state index in [4.69, 9.17) is 22.9 Å². The van der Waals surface area contributed by atoms with Gasteiger partial charge < -0.3 is 22.9 Å². The van der Waals surface area contributed by atoms with Crippen molar-refractivity contribution in [1.29, 1.82) is 0 Å². The number of hydrogen-bond acceptors (Lipinski definition) is 8. The maximum atomic E-state index is 12.5. The minimum Gasteiger partial charge on any atom is -0.383 e. The molecule has 0 amide bonds. The normalized spacial score (nSPS) is 11.0. The summed E-state index contributed by atoms with van der Waals surface area (Å²) in [5.41, 5.74) is 22.4. The van der Waals surface area contributed by atoms with Crippen molar-refractivity contribution in [2.75, 3.05) is 22.9 Å². The zero-order chi connectivity index (χ0) is 19.0. The molecular formula is C15H15BrN8O2. The summed E-state index contributed by atoms with van der Waals surface area (Å²) in [6.07, 6.45) is 0. The van der Waals surface area contributed by atoms with Crippen LogP contribution < -0.4 is 34.1 Å². The molecule has 0 saturated heterocycles. The number of aromatic amines is 2. The topological polar surface area (TPSA) is 196 Å². The summed E-state index contributed by atoms with van der Waals surface area (Å²) in [7, 11) is 0. The van der Waals surface area contributed by atoms with Crippen molar-refractivity contribution in [3.05, 3.63) is 66.1 Å². The average molecular weight is 419 g/mol. The van der Waals surface area contributed by atoms with Gasteiger partial charge in [0.25, 0.3) is 11.1 Å². The van der Waals surface area contributed by atoms with Crippen LogP contribution in [0.15, 0.2) is 38.3 Å². The van der Waals surface area contributed by atoms with Gasteiger partial charge in [0.15, 0.2) is 0 Å². The molecule has 0 aliphatic carbocycles. The van der Waals surface area contributed by atoms with Crippen LogP contribution in [0.2, 0.25) is 0 Å². The molecule has 0 unspecified atom stereocenters. The van der Waals surface area contributed by atoms with E-state index in [1.165, 1.54) is 0 Å². The number of aromatic nitrogens is 4. The zero-order valence-electron chi connectivity index (χ0n) is 13.3. The Morgan fingerprint density at radius 2 is 1.23 bits per heavy atom. The number of anilines is 4. The van der Waals surface area contributed by atoms with Crippen LogP contribution in [0, 0.1) is 0 Å². The lowest BCUT2D eigenvalue weighted by molar-refractivity contribution is 0.897. The molecule has 10 nitrogen and oxygen atoms in total. The molecule has 1 aromatic carbocycles. The number of nitrogens with zero attached hydrogens (tertiary/aromatic N) is 2. The van der Waals surface area contributed by atoms with Crippen LogP contribution in [0.1, 0.15) is 22.6 Å². The fourth-order valence-electron chi connectivity index (χ4n) is 2.73. The quantitative estimate of drug-likeness (QED) is 0.344. The maximum Gasteiger partial charge on any atom is 0.258 e. The lowest BCUT2D eigenvalue weighted by Gasteiger charge is -2.19. The summed E-state index contributed by atoms with van der Waals surface area (Å²) in [5, 5.41) is 0. The number of H-pyrrole nitrogens is 2. The van der Waals surface area contributed by atoms with Crippen LogP contribution in [-0.4, -0.2) is 19.9 Å². The summed E-state index contributed by atoms with van der Waals surface area (Å²) in [4.78, 5) is 37.6. The second-order valence-corrected chi connectivity index (χ2v) is 6.40. The SMILES string of the molecule is Nc1nc(N)c(C(c2ccc(Br)cc2)c2c(N)nc(N)[nH]c2=O)c(=O)[nH]1. The third-order valence-corrected chi connectivity index (χ3v) is 4.32. The fourth-order valence-corrected chi connectivity index (χ4v) is 2.99. The van der Waals surface area contributed by atoms with E-state index in [9.17, 15) is 9.59 Å². The highest BCUT2D eigenvalue weighted by Crippen LogP contribution is 2.33. The first-order valence-electron chi connectivity index (χ1n) is 7.33. The third kappa shape index (κ3) is 3.11.